The van der Waals surface area contributed by atoms with Crippen LogP contribution in [-0.4, -0.2) is 37.0 Å². The van der Waals surface area contributed by atoms with Crippen LogP contribution in [-0.2, 0) is 14.9 Å². The summed E-state index contributed by atoms with van der Waals surface area (Å²) in [6.45, 7) is -1.77. The summed E-state index contributed by atoms with van der Waals surface area (Å²) >= 11 is 0. The molecular weight excluding hydrogens is 260 g/mol. The van der Waals surface area contributed by atoms with E-state index in [4.69, 9.17) is 0 Å². The molecule has 17 heavy (non-hydrogen) atoms. The highest BCUT2D eigenvalue weighted by atomic mass is 32.2. The molecule has 0 aromatic carbocycles. The fraction of sp³-hybridized carbons (Fsp3) is 0.875. The molecule has 0 aromatic rings. The highest BCUT2D eigenvalue weighted by Crippen LogP contribution is 2.21. The Balaban J connectivity index is 2.37. The van der Waals surface area contributed by atoms with Crippen molar-refractivity contribution in [1.82, 2.24) is 5.32 Å². The summed E-state index contributed by atoms with van der Waals surface area (Å²) in [6, 6.07) is -0.139. The van der Waals surface area contributed by atoms with E-state index in [1.165, 1.54) is 0 Å². The number of alkyl halides is 2. The van der Waals surface area contributed by atoms with Crippen LogP contribution >= 0.6 is 0 Å². The number of hydrogen-bond acceptors (Lipinski definition) is 5. The Labute approximate surface area is 97.1 Å². The molecule has 1 saturated carbocycles. The van der Waals surface area contributed by atoms with E-state index in [-0.39, 0.29) is 6.04 Å². The molecule has 1 rings (SSSR count). The number of alkyl carbamates (subject to hydrolysis) is 1. The lowest BCUT2D eigenvalue weighted by molar-refractivity contribution is 0.00601. The Morgan fingerprint density at radius 3 is 2.41 bits per heavy atom. The van der Waals surface area contributed by atoms with Gasteiger partial charge in [-0.15, -0.1) is 0 Å². The van der Waals surface area contributed by atoms with Gasteiger partial charge in [0.2, 0.25) is 0 Å². The lowest BCUT2D eigenvalue weighted by Crippen LogP contribution is -2.39. The minimum Gasteiger partial charge on any atom is -0.743 e. The lowest BCUT2D eigenvalue weighted by Gasteiger charge is -2.20. The molecule has 0 saturated heterocycles. The van der Waals surface area contributed by atoms with E-state index >= 15 is 0 Å². The fourth-order valence-corrected chi connectivity index (χ4v) is 1.70. The van der Waals surface area contributed by atoms with Crippen molar-refractivity contribution in [2.24, 2.45) is 0 Å². The van der Waals surface area contributed by atoms with Crippen molar-refractivity contribution < 1.29 is 31.3 Å². The Bertz CT molecular complexity index is 377. The van der Waals surface area contributed by atoms with Gasteiger partial charge in [0.15, 0.2) is 16.7 Å². The molecule has 100 valence electrons. The van der Waals surface area contributed by atoms with Crippen LogP contribution in [0.25, 0.3) is 0 Å². The molecule has 0 heterocycles. The predicted octanol–water partition coefficient (Wildman–Crippen LogP) is 0.793. The number of carbonyl (C=O) groups excluding carboxylic acids is 1. The molecule has 0 bridgehead atoms. The van der Waals surface area contributed by atoms with E-state index in [2.05, 4.69) is 10.1 Å². The number of carbonyl (C=O) groups is 1. The van der Waals surface area contributed by atoms with Gasteiger partial charge >= 0.3 is 11.3 Å². The van der Waals surface area contributed by atoms with Crippen LogP contribution in [0.2, 0.25) is 0 Å². The smallest absolute Gasteiger partial charge is 0.407 e. The van der Waals surface area contributed by atoms with Gasteiger partial charge in [-0.3, -0.25) is 0 Å². The van der Waals surface area contributed by atoms with Gasteiger partial charge < -0.3 is 14.6 Å². The number of ether oxygens (including phenoxy) is 1. The zero-order valence-corrected chi connectivity index (χ0v) is 9.63. The van der Waals surface area contributed by atoms with Crippen molar-refractivity contribution in [2.75, 3.05) is 6.61 Å². The van der Waals surface area contributed by atoms with Crippen LogP contribution < -0.4 is 5.32 Å². The summed E-state index contributed by atoms with van der Waals surface area (Å²) in [4.78, 5) is 11.0. The summed E-state index contributed by atoms with van der Waals surface area (Å²) in [6.07, 6.45) is 2.17. The van der Waals surface area contributed by atoms with Crippen LogP contribution in [0.1, 0.15) is 25.7 Å². The molecule has 1 aliphatic carbocycles. The Hall–Kier alpha value is -0.960. The van der Waals surface area contributed by atoms with Gasteiger partial charge in [-0.2, -0.15) is 8.78 Å². The number of halogens is 2. The summed E-state index contributed by atoms with van der Waals surface area (Å²) in [5, 5.41) is -2.29. The topological polar surface area (TPSA) is 95.5 Å². The van der Waals surface area contributed by atoms with Crippen LogP contribution in [0.4, 0.5) is 13.6 Å². The van der Waals surface area contributed by atoms with Gasteiger partial charge in [-0.1, -0.05) is 12.8 Å². The maximum atomic E-state index is 12.6. The molecule has 0 radical (unpaired) electrons. The molecule has 0 unspecified atom stereocenters. The van der Waals surface area contributed by atoms with Gasteiger partial charge in [-0.25, -0.2) is 13.2 Å². The highest BCUT2D eigenvalue weighted by molar-refractivity contribution is 7.86. The average molecular weight is 272 g/mol. The van der Waals surface area contributed by atoms with E-state index in [0.29, 0.717) is 0 Å². The molecule has 0 aliphatic heterocycles. The number of rotatable bonds is 4. The van der Waals surface area contributed by atoms with Crippen molar-refractivity contribution in [3.63, 3.8) is 0 Å². The third-order valence-corrected chi connectivity index (χ3v) is 3.26. The Morgan fingerprint density at radius 2 is 1.94 bits per heavy atom. The molecule has 6 nitrogen and oxygen atoms in total. The number of amides is 1. The molecule has 0 spiro atoms. The van der Waals surface area contributed by atoms with Crippen LogP contribution in [0, 0.1) is 0 Å². The first-order valence-corrected chi connectivity index (χ1v) is 6.40. The minimum absolute atomic E-state index is 0.139. The first kappa shape index (κ1) is 14.1. The van der Waals surface area contributed by atoms with Crippen LogP contribution in [0.5, 0.6) is 0 Å². The lowest BCUT2D eigenvalue weighted by atomic mass is 10.3. The molecule has 9 heteroatoms. The Morgan fingerprint density at radius 1 is 1.41 bits per heavy atom. The van der Waals surface area contributed by atoms with Gasteiger partial charge in [-0.05, 0) is 12.8 Å². The standard InChI is InChI=1S/C8H13F2NO5S/c9-8(10,17(13,14)15)5-16-7(12)11-6-3-1-2-4-6/h6H,1-5H2,(H,11,12)(H,13,14,15)/p-1. The maximum absolute atomic E-state index is 12.6. The third kappa shape index (κ3) is 4.08. The van der Waals surface area contributed by atoms with Crippen molar-refractivity contribution in [3.05, 3.63) is 0 Å². The van der Waals surface area contributed by atoms with Gasteiger partial charge in [0, 0.05) is 6.04 Å². The maximum Gasteiger partial charge on any atom is 0.407 e. The van der Waals surface area contributed by atoms with E-state index in [1.54, 1.807) is 0 Å². The van der Waals surface area contributed by atoms with Gasteiger partial charge in [0.1, 0.15) is 0 Å². The normalized spacial score (nSPS) is 18.1. The summed E-state index contributed by atoms with van der Waals surface area (Å²) in [5.41, 5.74) is 0. The van der Waals surface area contributed by atoms with Crippen molar-refractivity contribution >= 4 is 16.2 Å². The first-order valence-electron chi connectivity index (χ1n) is 4.99. The van der Waals surface area contributed by atoms with Crippen LogP contribution in [0.15, 0.2) is 0 Å². The van der Waals surface area contributed by atoms with Crippen molar-refractivity contribution in [1.29, 1.82) is 0 Å². The zero-order chi connectivity index (χ0) is 13.1. The molecular formula is C8H12F2NO5S-. The van der Waals surface area contributed by atoms with E-state index < -0.39 is 28.1 Å². The third-order valence-electron chi connectivity index (χ3n) is 2.41. The average Bonchev–Trinajstić information content (AvgIpc) is 2.66. The first-order chi connectivity index (χ1) is 7.72. The van der Waals surface area contributed by atoms with Crippen molar-refractivity contribution in [2.45, 2.75) is 37.0 Å². The number of hydrogen-bond donors (Lipinski definition) is 1. The second-order valence-electron chi connectivity index (χ2n) is 3.79. The van der Waals surface area contributed by atoms with E-state index in [1.807, 2.05) is 0 Å². The monoisotopic (exact) mass is 272 g/mol. The second-order valence-corrected chi connectivity index (χ2v) is 5.30. The summed E-state index contributed by atoms with van der Waals surface area (Å²) in [7, 11) is -5.81. The SMILES string of the molecule is O=C(NC1CCCC1)OCC(F)(F)S(=O)(=O)[O-]. The second kappa shape index (κ2) is 5.13. The Kier molecular flexibility index (Phi) is 4.26. The predicted molar refractivity (Wildman–Crippen MR) is 51.4 cm³/mol. The molecule has 1 N–H and O–H groups in total. The minimum atomic E-state index is -5.81. The summed E-state index contributed by atoms with van der Waals surface area (Å²) < 4.78 is 59.5. The molecule has 0 aromatic heterocycles. The quantitative estimate of drug-likeness (QED) is 0.763. The van der Waals surface area contributed by atoms with E-state index in [0.717, 1.165) is 25.7 Å². The van der Waals surface area contributed by atoms with E-state index in [9.17, 15) is 26.5 Å². The summed E-state index contributed by atoms with van der Waals surface area (Å²) in [5.74, 6) is 0. The molecule has 0 atom stereocenters. The highest BCUT2D eigenvalue weighted by Gasteiger charge is 2.39. The molecule has 1 amide bonds. The molecule has 1 fully saturated rings. The fourth-order valence-electron chi connectivity index (χ4n) is 1.50. The zero-order valence-electron chi connectivity index (χ0n) is 8.82. The van der Waals surface area contributed by atoms with Crippen molar-refractivity contribution in [3.8, 4) is 0 Å². The number of nitrogens with one attached hydrogen (secondary N) is 1. The van der Waals surface area contributed by atoms with Crippen LogP contribution in [0.3, 0.4) is 0 Å². The van der Waals surface area contributed by atoms with Gasteiger partial charge in [0.25, 0.3) is 0 Å². The van der Waals surface area contributed by atoms with Gasteiger partial charge in [0.05, 0.1) is 0 Å². The molecule has 1 aliphatic rings. The largest absolute Gasteiger partial charge is 0.743 e.